The van der Waals surface area contributed by atoms with Crippen molar-refractivity contribution in [3.05, 3.63) is 23.9 Å². The standard InChI is InChI=1S/C14H23N3O/c1-11(15)13-7-2-8-16-14(13)17-9-3-5-12(17)6-4-10-18/h2,7-8,11-12,18H,3-6,9-10,15H2,1H3/t11-,12?/m1/s1. The first-order valence-corrected chi connectivity index (χ1v) is 6.82. The molecule has 1 saturated heterocycles. The van der Waals surface area contributed by atoms with Crippen molar-refractivity contribution in [3.63, 3.8) is 0 Å². The number of aromatic nitrogens is 1. The van der Waals surface area contributed by atoms with E-state index in [0.717, 1.165) is 30.8 Å². The van der Waals surface area contributed by atoms with E-state index in [-0.39, 0.29) is 12.6 Å². The van der Waals surface area contributed by atoms with E-state index in [9.17, 15) is 0 Å². The lowest BCUT2D eigenvalue weighted by Gasteiger charge is -2.28. The number of aliphatic hydroxyl groups is 1. The smallest absolute Gasteiger partial charge is 0.133 e. The molecule has 0 aliphatic carbocycles. The van der Waals surface area contributed by atoms with Crippen LogP contribution >= 0.6 is 0 Å². The van der Waals surface area contributed by atoms with Crippen LogP contribution in [-0.4, -0.2) is 29.3 Å². The molecule has 1 aromatic rings. The molecule has 2 heterocycles. The molecule has 0 radical (unpaired) electrons. The van der Waals surface area contributed by atoms with Crippen molar-refractivity contribution in [2.75, 3.05) is 18.1 Å². The van der Waals surface area contributed by atoms with Crippen molar-refractivity contribution in [2.24, 2.45) is 5.73 Å². The predicted molar refractivity (Wildman–Crippen MR) is 73.5 cm³/mol. The Hall–Kier alpha value is -1.13. The van der Waals surface area contributed by atoms with Crippen molar-refractivity contribution in [3.8, 4) is 0 Å². The maximum Gasteiger partial charge on any atom is 0.133 e. The quantitative estimate of drug-likeness (QED) is 0.836. The van der Waals surface area contributed by atoms with Gasteiger partial charge in [-0.2, -0.15) is 0 Å². The largest absolute Gasteiger partial charge is 0.396 e. The van der Waals surface area contributed by atoms with Gasteiger partial charge in [0.25, 0.3) is 0 Å². The van der Waals surface area contributed by atoms with E-state index in [2.05, 4.69) is 16.0 Å². The third-order valence-electron chi connectivity index (χ3n) is 3.65. The molecule has 0 amide bonds. The Morgan fingerprint density at radius 3 is 3.17 bits per heavy atom. The first-order chi connectivity index (χ1) is 8.74. The van der Waals surface area contributed by atoms with Gasteiger partial charge in [-0.25, -0.2) is 4.98 Å². The molecule has 3 N–H and O–H groups in total. The maximum absolute atomic E-state index is 8.97. The number of pyridine rings is 1. The molecular weight excluding hydrogens is 226 g/mol. The summed E-state index contributed by atoms with van der Waals surface area (Å²) in [5.74, 6) is 1.04. The zero-order valence-corrected chi connectivity index (χ0v) is 11.0. The summed E-state index contributed by atoms with van der Waals surface area (Å²) in [6.45, 7) is 3.32. The Bertz CT molecular complexity index is 381. The summed E-state index contributed by atoms with van der Waals surface area (Å²) in [5, 5.41) is 8.97. The molecule has 18 heavy (non-hydrogen) atoms. The fourth-order valence-electron chi connectivity index (χ4n) is 2.75. The zero-order chi connectivity index (χ0) is 13.0. The number of rotatable bonds is 5. The van der Waals surface area contributed by atoms with Crippen molar-refractivity contribution in [1.29, 1.82) is 0 Å². The van der Waals surface area contributed by atoms with Gasteiger partial charge in [0, 0.05) is 37.0 Å². The van der Waals surface area contributed by atoms with Gasteiger partial charge in [0.05, 0.1) is 0 Å². The summed E-state index contributed by atoms with van der Waals surface area (Å²) in [5.41, 5.74) is 7.14. The Morgan fingerprint density at radius 2 is 2.44 bits per heavy atom. The molecule has 1 unspecified atom stereocenters. The summed E-state index contributed by atoms with van der Waals surface area (Å²) < 4.78 is 0. The Balaban J connectivity index is 2.19. The summed E-state index contributed by atoms with van der Waals surface area (Å²) in [6.07, 6.45) is 6.12. The number of hydrogen-bond donors (Lipinski definition) is 2. The molecule has 0 saturated carbocycles. The fourth-order valence-corrected chi connectivity index (χ4v) is 2.75. The highest BCUT2D eigenvalue weighted by atomic mass is 16.2. The Labute approximate surface area is 109 Å². The van der Waals surface area contributed by atoms with E-state index in [4.69, 9.17) is 10.8 Å². The van der Waals surface area contributed by atoms with Crippen LogP contribution in [0.3, 0.4) is 0 Å². The molecular formula is C14H23N3O. The Kier molecular flexibility index (Phi) is 4.55. The number of hydrogen-bond acceptors (Lipinski definition) is 4. The van der Waals surface area contributed by atoms with Crippen LogP contribution < -0.4 is 10.6 Å². The summed E-state index contributed by atoms with van der Waals surface area (Å²) in [4.78, 5) is 6.89. The van der Waals surface area contributed by atoms with Crippen molar-refractivity contribution in [2.45, 2.75) is 44.7 Å². The van der Waals surface area contributed by atoms with E-state index >= 15 is 0 Å². The lowest BCUT2D eigenvalue weighted by Crippen LogP contribution is -2.31. The van der Waals surface area contributed by atoms with Gasteiger partial charge in [0.1, 0.15) is 5.82 Å². The highest BCUT2D eigenvalue weighted by Crippen LogP contribution is 2.30. The van der Waals surface area contributed by atoms with Gasteiger partial charge in [-0.1, -0.05) is 6.07 Å². The third-order valence-corrected chi connectivity index (χ3v) is 3.65. The average molecular weight is 249 g/mol. The zero-order valence-electron chi connectivity index (χ0n) is 11.0. The highest BCUT2D eigenvalue weighted by Gasteiger charge is 2.27. The van der Waals surface area contributed by atoms with Gasteiger partial charge in [-0.3, -0.25) is 0 Å². The topological polar surface area (TPSA) is 62.4 Å². The molecule has 2 rings (SSSR count). The molecule has 4 heteroatoms. The molecule has 4 nitrogen and oxygen atoms in total. The monoisotopic (exact) mass is 249 g/mol. The van der Waals surface area contributed by atoms with Crippen LogP contribution in [0.4, 0.5) is 5.82 Å². The van der Waals surface area contributed by atoms with Crippen molar-refractivity contribution >= 4 is 5.82 Å². The minimum atomic E-state index is 0.00721. The van der Waals surface area contributed by atoms with E-state index in [1.807, 2.05) is 19.2 Å². The van der Waals surface area contributed by atoms with E-state index in [0.29, 0.717) is 6.04 Å². The van der Waals surface area contributed by atoms with Gasteiger partial charge in [0.15, 0.2) is 0 Å². The number of anilines is 1. The minimum absolute atomic E-state index is 0.00721. The van der Waals surface area contributed by atoms with Crippen LogP contribution in [0, 0.1) is 0 Å². The van der Waals surface area contributed by atoms with Crippen molar-refractivity contribution < 1.29 is 5.11 Å². The summed E-state index contributed by atoms with van der Waals surface area (Å²) in [7, 11) is 0. The van der Waals surface area contributed by atoms with Crippen LogP contribution in [0.25, 0.3) is 0 Å². The second kappa shape index (κ2) is 6.16. The SMILES string of the molecule is C[C@@H](N)c1cccnc1N1CCCC1CCCO. The molecule has 1 aliphatic rings. The van der Waals surface area contributed by atoms with Gasteiger partial charge >= 0.3 is 0 Å². The van der Waals surface area contributed by atoms with Crippen LogP contribution in [0.15, 0.2) is 18.3 Å². The second-order valence-corrected chi connectivity index (χ2v) is 5.06. The van der Waals surface area contributed by atoms with Crippen molar-refractivity contribution in [1.82, 2.24) is 4.98 Å². The van der Waals surface area contributed by atoms with Gasteiger partial charge < -0.3 is 15.7 Å². The molecule has 0 aromatic carbocycles. The lowest BCUT2D eigenvalue weighted by molar-refractivity contribution is 0.279. The van der Waals surface area contributed by atoms with Crippen LogP contribution in [0.2, 0.25) is 0 Å². The average Bonchev–Trinajstić information content (AvgIpc) is 2.84. The van der Waals surface area contributed by atoms with Gasteiger partial charge in [-0.15, -0.1) is 0 Å². The van der Waals surface area contributed by atoms with E-state index in [1.165, 1.54) is 12.8 Å². The summed E-state index contributed by atoms with van der Waals surface area (Å²) in [6, 6.07) is 4.52. The Morgan fingerprint density at radius 1 is 1.61 bits per heavy atom. The van der Waals surface area contributed by atoms with E-state index in [1.54, 1.807) is 0 Å². The first-order valence-electron chi connectivity index (χ1n) is 6.82. The first kappa shape index (κ1) is 13.3. The molecule has 0 bridgehead atoms. The van der Waals surface area contributed by atoms with Crippen LogP contribution in [0.1, 0.15) is 44.2 Å². The number of aliphatic hydroxyl groups excluding tert-OH is 1. The lowest BCUT2D eigenvalue weighted by atomic mass is 10.1. The predicted octanol–water partition coefficient (Wildman–Crippen LogP) is 1.84. The third kappa shape index (κ3) is 2.82. The fraction of sp³-hybridized carbons (Fsp3) is 0.643. The maximum atomic E-state index is 8.97. The normalized spacial score (nSPS) is 21.3. The molecule has 2 atom stereocenters. The highest BCUT2D eigenvalue weighted by molar-refractivity contribution is 5.50. The van der Waals surface area contributed by atoms with Gasteiger partial charge in [-0.05, 0) is 38.7 Å². The molecule has 1 aliphatic heterocycles. The summed E-state index contributed by atoms with van der Waals surface area (Å²) >= 11 is 0. The molecule has 1 fully saturated rings. The van der Waals surface area contributed by atoms with E-state index < -0.39 is 0 Å². The van der Waals surface area contributed by atoms with Crippen LogP contribution in [0.5, 0.6) is 0 Å². The van der Waals surface area contributed by atoms with Gasteiger partial charge in [0.2, 0.25) is 0 Å². The second-order valence-electron chi connectivity index (χ2n) is 5.06. The van der Waals surface area contributed by atoms with Crippen LogP contribution in [-0.2, 0) is 0 Å². The minimum Gasteiger partial charge on any atom is -0.396 e. The number of nitrogens with two attached hydrogens (primary N) is 1. The number of nitrogens with zero attached hydrogens (tertiary/aromatic N) is 2. The molecule has 0 spiro atoms. The molecule has 1 aromatic heterocycles. The molecule has 100 valence electrons.